The fraction of sp³-hybridized carbons (Fsp3) is 1.00. The highest BCUT2D eigenvalue weighted by Gasteiger charge is 2.29. The molecule has 0 saturated heterocycles. The van der Waals surface area contributed by atoms with Gasteiger partial charge in [-0.15, -0.1) is 0 Å². The summed E-state index contributed by atoms with van der Waals surface area (Å²) in [7, 11) is 0. The minimum absolute atomic E-state index is 0.286. The Morgan fingerprint density at radius 2 is 1.73 bits per heavy atom. The highest BCUT2D eigenvalue weighted by Crippen LogP contribution is 2.34. The molecule has 2 heteroatoms. The molecule has 0 radical (unpaired) electrons. The number of rotatable bonds is 5. The van der Waals surface area contributed by atoms with Crippen molar-refractivity contribution in [3.63, 3.8) is 0 Å². The van der Waals surface area contributed by atoms with E-state index in [0.29, 0.717) is 12.5 Å². The van der Waals surface area contributed by atoms with Gasteiger partial charge in [-0.05, 0) is 24.2 Å². The molecule has 0 aromatic carbocycles. The summed E-state index contributed by atoms with van der Waals surface area (Å²) in [5.74, 6) is 5.74. The van der Waals surface area contributed by atoms with Gasteiger partial charge in [-0.25, -0.2) is 5.90 Å². The van der Waals surface area contributed by atoms with Gasteiger partial charge in [0.25, 0.3) is 0 Å². The second-order valence-corrected chi connectivity index (χ2v) is 3.54. The average molecular weight is 159 g/mol. The third kappa shape index (κ3) is 2.46. The molecule has 0 spiro atoms. The molecule has 0 saturated carbocycles. The molecule has 0 aliphatic carbocycles. The van der Waals surface area contributed by atoms with Crippen LogP contribution >= 0.6 is 0 Å². The van der Waals surface area contributed by atoms with Gasteiger partial charge >= 0.3 is 0 Å². The van der Waals surface area contributed by atoms with E-state index in [9.17, 15) is 0 Å². The first-order valence-corrected chi connectivity index (χ1v) is 4.44. The molecule has 2 nitrogen and oxygen atoms in total. The second-order valence-electron chi connectivity index (χ2n) is 3.54. The Hall–Kier alpha value is -0.0800. The summed E-state index contributed by atoms with van der Waals surface area (Å²) < 4.78 is 0. The molecule has 0 aromatic rings. The maximum absolute atomic E-state index is 5.10. The third-order valence-corrected chi connectivity index (χ3v) is 3.00. The fourth-order valence-electron chi connectivity index (χ4n) is 1.60. The SMILES string of the molecule is CCC(CC)(CON)C(C)C. The molecule has 0 atom stereocenters. The predicted octanol–water partition coefficient (Wildman–Crippen LogP) is 2.34. The van der Waals surface area contributed by atoms with Crippen molar-refractivity contribution in [1.29, 1.82) is 0 Å². The number of hydrogen-bond acceptors (Lipinski definition) is 2. The first kappa shape index (κ1) is 10.9. The van der Waals surface area contributed by atoms with Crippen LogP contribution in [-0.2, 0) is 4.84 Å². The molecule has 68 valence electrons. The van der Waals surface area contributed by atoms with Crippen LogP contribution in [0.25, 0.3) is 0 Å². The van der Waals surface area contributed by atoms with E-state index in [2.05, 4.69) is 27.7 Å². The molecular formula is C9H21NO. The van der Waals surface area contributed by atoms with E-state index < -0.39 is 0 Å². The van der Waals surface area contributed by atoms with Gasteiger partial charge in [0, 0.05) is 0 Å². The lowest BCUT2D eigenvalue weighted by molar-refractivity contribution is 0.00826. The van der Waals surface area contributed by atoms with Gasteiger partial charge in [-0.2, -0.15) is 0 Å². The first-order chi connectivity index (χ1) is 5.13. The van der Waals surface area contributed by atoms with E-state index >= 15 is 0 Å². The molecule has 0 aliphatic heterocycles. The van der Waals surface area contributed by atoms with Crippen molar-refractivity contribution in [2.24, 2.45) is 17.2 Å². The maximum atomic E-state index is 5.10. The summed E-state index contributed by atoms with van der Waals surface area (Å²) in [5.41, 5.74) is 0.286. The Bertz CT molecular complexity index is 97.7. The third-order valence-electron chi connectivity index (χ3n) is 3.00. The van der Waals surface area contributed by atoms with E-state index in [4.69, 9.17) is 10.7 Å². The zero-order valence-corrected chi connectivity index (χ0v) is 8.18. The molecule has 11 heavy (non-hydrogen) atoms. The van der Waals surface area contributed by atoms with Crippen molar-refractivity contribution in [3.05, 3.63) is 0 Å². The van der Waals surface area contributed by atoms with Crippen molar-refractivity contribution in [2.75, 3.05) is 6.61 Å². The van der Waals surface area contributed by atoms with Crippen molar-refractivity contribution < 1.29 is 4.84 Å². The van der Waals surface area contributed by atoms with Crippen LogP contribution in [0, 0.1) is 11.3 Å². The minimum Gasteiger partial charge on any atom is -0.304 e. The highest BCUT2D eigenvalue weighted by atomic mass is 16.6. The van der Waals surface area contributed by atoms with Crippen LogP contribution < -0.4 is 5.90 Å². The summed E-state index contributed by atoms with van der Waals surface area (Å²) in [6, 6.07) is 0. The molecule has 0 heterocycles. The summed E-state index contributed by atoms with van der Waals surface area (Å²) in [6.07, 6.45) is 2.27. The monoisotopic (exact) mass is 159 g/mol. The summed E-state index contributed by atoms with van der Waals surface area (Å²) in [4.78, 5) is 4.75. The van der Waals surface area contributed by atoms with Crippen LogP contribution in [0.5, 0.6) is 0 Å². The molecular weight excluding hydrogens is 138 g/mol. The lowest BCUT2D eigenvalue weighted by Gasteiger charge is -2.34. The van der Waals surface area contributed by atoms with Crippen LogP contribution in [0.2, 0.25) is 0 Å². The Kier molecular flexibility index (Phi) is 4.69. The molecule has 0 rings (SSSR count). The van der Waals surface area contributed by atoms with Crippen LogP contribution in [-0.4, -0.2) is 6.61 Å². The topological polar surface area (TPSA) is 35.2 Å². The van der Waals surface area contributed by atoms with Crippen LogP contribution in [0.1, 0.15) is 40.5 Å². The van der Waals surface area contributed by atoms with Crippen LogP contribution in [0.4, 0.5) is 0 Å². The van der Waals surface area contributed by atoms with E-state index in [-0.39, 0.29) is 5.41 Å². The Balaban J connectivity index is 4.20. The Morgan fingerprint density at radius 3 is 1.82 bits per heavy atom. The van der Waals surface area contributed by atoms with Gasteiger partial charge in [0.1, 0.15) is 0 Å². The van der Waals surface area contributed by atoms with Gasteiger partial charge in [-0.1, -0.05) is 27.7 Å². The fourth-order valence-corrected chi connectivity index (χ4v) is 1.60. The first-order valence-electron chi connectivity index (χ1n) is 4.44. The molecule has 0 aliphatic rings. The zero-order chi connectivity index (χ0) is 8.91. The normalized spacial score (nSPS) is 12.5. The molecule has 0 unspecified atom stereocenters. The van der Waals surface area contributed by atoms with Crippen molar-refractivity contribution in [3.8, 4) is 0 Å². The summed E-state index contributed by atoms with van der Waals surface area (Å²) >= 11 is 0. The lowest BCUT2D eigenvalue weighted by Crippen LogP contribution is -2.32. The van der Waals surface area contributed by atoms with Crippen molar-refractivity contribution in [1.82, 2.24) is 0 Å². The quantitative estimate of drug-likeness (QED) is 0.625. The van der Waals surface area contributed by atoms with Crippen molar-refractivity contribution in [2.45, 2.75) is 40.5 Å². The average Bonchev–Trinajstić information content (AvgIpc) is 2.00. The van der Waals surface area contributed by atoms with Gasteiger partial charge in [0.15, 0.2) is 0 Å². The second kappa shape index (κ2) is 4.73. The van der Waals surface area contributed by atoms with E-state index in [1.54, 1.807) is 0 Å². The summed E-state index contributed by atoms with van der Waals surface area (Å²) in [6.45, 7) is 9.53. The molecule has 0 amide bonds. The highest BCUT2D eigenvalue weighted by molar-refractivity contribution is 4.79. The van der Waals surface area contributed by atoms with Gasteiger partial charge in [0.2, 0.25) is 0 Å². The standard InChI is InChI=1S/C9H21NO/c1-5-9(6-2,7-11-10)8(3)4/h8H,5-7,10H2,1-4H3. The van der Waals surface area contributed by atoms with E-state index in [1.165, 1.54) is 0 Å². The summed E-state index contributed by atoms with van der Waals surface area (Å²) in [5, 5.41) is 0. The Labute approximate surface area is 70.1 Å². The van der Waals surface area contributed by atoms with Gasteiger partial charge in [-0.3, -0.25) is 0 Å². The minimum atomic E-state index is 0.286. The van der Waals surface area contributed by atoms with Crippen LogP contribution in [0.3, 0.4) is 0 Å². The number of hydrogen-bond donors (Lipinski definition) is 1. The predicted molar refractivity (Wildman–Crippen MR) is 48.0 cm³/mol. The number of nitrogens with two attached hydrogens (primary N) is 1. The van der Waals surface area contributed by atoms with Crippen molar-refractivity contribution >= 4 is 0 Å². The van der Waals surface area contributed by atoms with Crippen LogP contribution in [0.15, 0.2) is 0 Å². The van der Waals surface area contributed by atoms with Gasteiger partial charge < -0.3 is 4.84 Å². The smallest absolute Gasteiger partial charge is 0.0737 e. The Morgan fingerprint density at radius 1 is 1.27 bits per heavy atom. The molecule has 0 fully saturated rings. The van der Waals surface area contributed by atoms with E-state index in [0.717, 1.165) is 12.8 Å². The molecule has 0 bridgehead atoms. The molecule has 2 N–H and O–H groups in total. The van der Waals surface area contributed by atoms with Gasteiger partial charge in [0.05, 0.1) is 6.61 Å². The lowest BCUT2D eigenvalue weighted by atomic mass is 9.74. The maximum Gasteiger partial charge on any atom is 0.0737 e. The van der Waals surface area contributed by atoms with E-state index in [1.807, 2.05) is 0 Å². The zero-order valence-electron chi connectivity index (χ0n) is 8.18. The molecule has 0 aromatic heterocycles. The largest absolute Gasteiger partial charge is 0.304 e.